The largest absolute Gasteiger partial charge is 0.380 e. The number of hydrogen-bond donors (Lipinski definition) is 1. The molecule has 0 saturated heterocycles. The first-order valence-electron chi connectivity index (χ1n) is 6.27. The van der Waals surface area contributed by atoms with Crippen molar-refractivity contribution in [2.24, 2.45) is 7.05 Å². The topological polar surface area (TPSA) is 55.6 Å². The van der Waals surface area contributed by atoms with Crippen molar-refractivity contribution in [3.63, 3.8) is 0 Å². The molecule has 3 aromatic rings. The molecule has 102 valence electrons. The van der Waals surface area contributed by atoms with Gasteiger partial charge in [-0.1, -0.05) is 0 Å². The van der Waals surface area contributed by atoms with Crippen LogP contribution < -0.4 is 5.32 Å². The van der Waals surface area contributed by atoms with Gasteiger partial charge in [-0.15, -0.1) is 0 Å². The summed E-state index contributed by atoms with van der Waals surface area (Å²) in [5, 5.41) is 8.57. The van der Waals surface area contributed by atoms with Crippen LogP contribution in [0, 0.1) is 12.9 Å². The molecule has 0 saturated carbocycles. The minimum Gasteiger partial charge on any atom is -0.380 e. The number of nitrogens with zero attached hydrogens (tertiary/aromatic N) is 4. The van der Waals surface area contributed by atoms with E-state index in [2.05, 4.69) is 26.4 Å². The molecule has 0 atom stereocenters. The standard InChI is InChI=1S/C14H14FN5/c1-9-12-5-10(7-18-14(12)20(2)19-9)6-16-11-3-4-13(15)17-8-11/h3-5,7-8,16H,6H2,1-2H3. The number of fused-ring (bicyclic) bond motifs is 1. The number of anilines is 1. The highest BCUT2D eigenvalue weighted by molar-refractivity contribution is 5.78. The van der Waals surface area contributed by atoms with Crippen LogP contribution >= 0.6 is 0 Å². The van der Waals surface area contributed by atoms with Crippen molar-refractivity contribution in [2.45, 2.75) is 13.5 Å². The van der Waals surface area contributed by atoms with E-state index in [1.807, 2.05) is 20.2 Å². The molecule has 1 N–H and O–H groups in total. The monoisotopic (exact) mass is 271 g/mol. The Kier molecular flexibility index (Phi) is 3.06. The number of aryl methyl sites for hydroxylation is 2. The van der Waals surface area contributed by atoms with Crippen LogP contribution in [0.5, 0.6) is 0 Å². The fraction of sp³-hybridized carbons (Fsp3) is 0.214. The molecule has 0 aliphatic carbocycles. The second-order valence-corrected chi connectivity index (χ2v) is 4.65. The summed E-state index contributed by atoms with van der Waals surface area (Å²) >= 11 is 0. The predicted molar refractivity (Wildman–Crippen MR) is 74.8 cm³/mol. The molecule has 3 aromatic heterocycles. The molecule has 0 aliphatic heterocycles. The lowest BCUT2D eigenvalue weighted by molar-refractivity contribution is 0.584. The normalized spacial score (nSPS) is 10.9. The maximum absolute atomic E-state index is 12.7. The lowest BCUT2D eigenvalue weighted by Crippen LogP contribution is -2.01. The molecule has 5 nitrogen and oxygen atoms in total. The van der Waals surface area contributed by atoms with Crippen molar-refractivity contribution in [2.75, 3.05) is 5.32 Å². The van der Waals surface area contributed by atoms with Crippen molar-refractivity contribution < 1.29 is 4.39 Å². The second kappa shape index (κ2) is 4.88. The van der Waals surface area contributed by atoms with E-state index in [1.54, 1.807) is 10.7 Å². The maximum Gasteiger partial charge on any atom is 0.212 e. The van der Waals surface area contributed by atoms with Crippen LogP contribution in [0.4, 0.5) is 10.1 Å². The highest BCUT2D eigenvalue weighted by atomic mass is 19.1. The Hall–Kier alpha value is -2.50. The Balaban J connectivity index is 1.80. The average molecular weight is 271 g/mol. The molecule has 3 heterocycles. The molecule has 0 fully saturated rings. The molecule has 0 unspecified atom stereocenters. The van der Waals surface area contributed by atoms with E-state index < -0.39 is 5.95 Å². The average Bonchev–Trinajstić information content (AvgIpc) is 2.73. The smallest absolute Gasteiger partial charge is 0.212 e. The Morgan fingerprint density at radius 2 is 2.10 bits per heavy atom. The molecule has 0 radical (unpaired) electrons. The van der Waals surface area contributed by atoms with Gasteiger partial charge in [-0.05, 0) is 30.7 Å². The lowest BCUT2D eigenvalue weighted by atomic mass is 10.2. The third-order valence-electron chi connectivity index (χ3n) is 3.14. The van der Waals surface area contributed by atoms with Crippen molar-refractivity contribution in [3.05, 3.63) is 47.8 Å². The number of hydrogen-bond acceptors (Lipinski definition) is 4. The minimum absolute atomic E-state index is 0.482. The first kappa shape index (κ1) is 12.5. The van der Waals surface area contributed by atoms with E-state index in [4.69, 9.17) is 0 Å². The maximum atomic E-state index is 12.7. The van der Waals surface area contributed by atoms with E-state index in [-0.39, 0.29) is 0 Å². The van der Waals surface area contributed by atoms with Crippen molar-refractivity contribution >= 4 is 16.7 Å². The van der Waals surface area contributed by atoms with Crippen LogP contribution in [0.1, 0.15) is 11.3 Å². The van der Waals surface area contributed by atoms with Crippen molar-refractivity contribution in [1.82, 2.24) is 19.7 Å². The molecule has 0 aliphatic rings. The third-order valence-corrected chi connectivity index (χ3v) is 3.14. The van der Waals surface area contributed by atoms with Gasteiger partial charge in [0.15, 0.2) is 5.65 Å². The van der Waals surface area contributed by atoms with Gasteiger partial charge in [0.1, 0.15) is 0 Å². The Morgan fingerprint density at radius 1 is 1.25 bits per heavy atom. The fourth-order valence-corrected chi connectivity index (χ4v) is 2.13. The van der Waals surface area contributed by atoms with Gasteiger partial charge in [0.25, 0.3) is 0 Å². The number of pyridine rings is 2. The molecule has 20 heavy (non-hydrogen) atoms. The van der Waals surface area contributed by atoms with Crippen LogP contribution in [-0.4, -0.2) is 19.7 Å². The summed E-state index contributed by atoms with van der Waals surface area (Å²) in [4.78, 5) is 8.01. The summed E-state index contributed by atoms with van der Waals surface area (Å²) in [7, 11) is 1.88. The van der Waals surface area contributed by atoms with Crippen LogP contribution in [-0.2, 0) is 13.6 Å². The van der Waals surface area contributed by atoms with Gasteiger partial charge in [-0.3, -0.25) is 4.68 Å². The molecular formula is C14H14FN5. The minimum atomic E-state index is -0.482. The first-order valence-corrected chi connectivity index (χ1v) is 6.27. The van der Waals surface area contributed by atoms with Crippen LogP contribution in [0.3, 0.4) is 0 Å². The van der Waals surface area contributed by atoms with Gasteiger partial charge >= 0.3 is 0 Å². The number of rotatable bonds is 3. The number of aromatic nitrogens is 4. The molecule has 0 spiro atoms. The van der Waals surface area contributed by atoms with Gasteiger partial charge < -0.3 is 5.32 Å². The van der Waals surface area contributed by atoms with E-state index in [1.165, 1.54) is 12.3 Å². The zero-order valence-electron chi connectivity index (χ0n) is 11.3. The van der Waals surface area contributed by atoms with E-state index in [0.29, 0.717) is 6.54 Å². The molecule has 0 bridgehead atoms. The van der Waals surface area contributed by atoms with Gasteiger partial charge in [0.2, 0.25) is 5.95 Å². The lowest BCUT2D eigenvalue weighted by Gasteiger charge is -2.06. The summed E-state index contributed by atoms with van der Waals surface area (Å²) in [6.45, 7) is 2.57. The Labute approximate surface area is 115 Å². The van der Waals surface area contributed by atoms with Crippen molar-refractivity contribution in [1.29, 1.82) is 0 Å². The summed E-state index contributed by atoms with van der Waals surface area (Å²) in [6.07, 6.45) is 3.28. The first-order chi connectivity index (χ1) is 9.63. The summed E-state index contributed by atoms with van der Waals surface area (Å²) in [5.74, 6) is -0.482. The number of halogens is 1. The van der Waals surface area contributed by atoms with Gasteiger partial charge in [-0.25, -0.2) is 9.97 Å². The molecular weight excluding hydrogens is 257 g/mol. The van der Waals surface area contributed by atoms with E-state index in [0.717, 1.165) is 28.0 Å². The van der Waals surface area contributed by atoms with Crippen LogP contribution in [0.15, 0.2) is 30.6 Å². The fourth-order valence-electron chi connectivity index (χ4n) is 2.13. The van der Waals surface area contributed by atoms with Crippen molar-refractivity contribution in [3.8, 4) is 0 Å². The quantitative estimate of drug-likeness (QED) is 0.743. The highest BCUT2D eigenvalue weighted by Gasteiger charge is 2.06. The molecule has 0 amide bonds. The van der Waals surface area contributed by atoms with Gasteiger partial charge in [-0.2, -0.15) is 9.49 Å². The van der Waals surface area contributed by atoms with Gasteiger partial charge in [0, 0.05) is 25.2 Å². The van der Waals surface area contributed by atoms with E-state index >= 15 is 0 Å². The Morgan fingerprint density at radius 3 is 2.85 bits per heavy atom. The zero-order chi connectivity index (χ0) is 14.1. The summed E-state index contributed by atoms with van der Waals surface area (Å²) in [6, 6.07) is 5.05. The predicted octanol–water partition coefficient (Wildman–Crippen LogP) is 2.42. The zero-order valence-corrected chi connectivity index (χ0v) is 11.3. The second-order valence-electron chi connectivity index (χ2n) is 4.65. The molecule has 3 rings (SSSR count). The van der Waals surface area contributed by atoms with Crippen LogP contribution in [0.25, 0.3) is 11.0 Å². The van der Waals surface area contributed by atoms with Crippen LogP contribution in [0.2, 0.25) is 0 Å². The molecule has 6 heteroatoms. The third kappa shape index (κ3) is 2.32. The summed E-state index contributed by atoms with van der Waals surface area (Å²) in [5.41, 5.74) is 3.64. The number of nitrogens with one attached hydrogen (secondary N) is 1. The molecule has 0 aromatic carbocycles. The highest BCUT2D eigenvalue weighted by Crippen LogP contribution is 2.17. The Bertz CT molecular complexity index is 748. The van der Waals surface area contributed by atoms with Gasteiger partial charge in [0.05, 0.1) is 17.6 Å². The SMILES string of the molecule is Cc1nn(C)c2ncc(CNc3ccc(F)nc3)cc12. The van der Waals surface area contributed by atoms with E-state index in [9.17, 15) is 4.39 Å². The summed E-state index contributed by atoms with van der Waals surface area (Å²) < 4.78 is 14.5.